The third kappa shape index (κ3) is 3.51. The number of thioether (sulfide) groups is 1. The van der Waals surface area contributed by atoms with Gasteiger partial charge in [0.25, 0.3) is 0 Å². The molecule has 1 N–H and O–H groups in total. The highest BCUT2D eigenvalue weighted by atomic mass is 32.2. The first-order valence-electron chi connectivity index (χ1n) is 7.63. The molecule has 0 aromatic carbocycles. The van der Waals surface area contributed by atoms with Crippen LogP contribution in [0.3, 0.4) is 0 Å². The van der Waals surface area contributed by atoms with Gasteiger partial charge in [-0.15, -0.1) is 10.2 Å². The van der Waals surface area contributed by atoms with Gasteiger partial charge in [-0.25, -0.2) is 0 Å². The van der Waals surface area contributed by atoms with Crippen LogP contribution in [0.15, 0.2) is 5.16 Å². The minimum absolute atomic E-state index is 0.691. The molecule has 5 heteroatoms. The van der Waals surface area contributed by atoms with Crippen molar-refractivity contribution in [1.29, 1.82) is 0 Å². The van der Waals surface area contributed by atoms with E-state index in [-0.39, 0.29) is 0 Å². The fourth-order valence-electron chi connectivity index (χ4n) is 2.76. The lowest BCUT2D eigenvalue weighted by Crippen LogP contribution is -2.29. The average molecular weight is 280 g/mol. The molecule has 2 heterocycles. The van der Waals surface area contributed by atoms with Crippen LogP contribution in [0, 0.1) is 5.92 Å². The summed E-state index contributed by atoms with van der Waals surface area (Å²) in [7, 11) is 0. The number of hydrogen-bond acceptors (Lipinski definition) is 4. The summed E-state index contributed by atoms with van der Waals surface area (Å²) in [5.41, 5.74) is 0. The minimum Gasteiger partial charge on any atom is -0.313 e. The fraction of sp³-hybridized carbons (Fsp3) is 0.857. The summed E-state index contributed by atoms with van der Waals surface area (Å²) in [4.78, 5) is 0. The molecule has 0 saturated heterocycles. The van der Waals surface area contributed by atoms with Gasteiger partial charge in [-0.3, -0.25) is 0 Å². The maximum absolute atomic E-state index is 4.35. The van der Waals surface area contributed by atoms with Crippen LogP contribution in [0.25, 0.3) is 0 Å². The fourth-order valence-corrected chi connectivity index (χ4v) is 3.61. The van der Waals surface area contributed by atoms with Gasteiger partial charge in [-0.2, -0.15) is 0 Å². The van der Waals surface area contributed by atoms with Crippen LogP contribution in [0.4, 0.5) is 0 Å². The molecule has 1 aliphatic heterocycles. The van der Waals surface area contributed by atoms with Crippen molar-refractivity contribution in [2.45, 2.75) is 63.2 Å². The summed E-state index contributed by atoms with van der Waals surface area (Å²) in [5, 5.41) is 13.4. The molecule has 0 radical (unpaired) electrons. The predicted octanol–water partition coefficient (Wildman–Crippen LogP) is 2.48. The van der Waals surface area contributed by atoms with E-state index in [1.165, 1.54) is 37.9 Å². The van der Waals surface area contributed by atoms with Gasteiger partial charge < -0.3 is 9.88 Å². The zero-order valence-corrected chi connectivity index (χ0v) is 12.6. The number of nitrogens with one attached hydrogen (secondary N) is 1. The zero-order valence-electron chi connectivity index (χ0n) is 11.8. The van der Waals surface area contributed by atoms with Crippen LogP contribution in [0.2, 0.25) is 0 Å². The van der Waals surface area contributed by atoms with Crippen molar-refractivity contribution in [2.75, 3.05) is 12.3 Å². The minimum atomic E-state index is 0.691. The molecule has 1 unspecified atom stereocenters. The summed E-state index contributed by atoms with van der Waals surface area (Å²) in [5.74, 6) is 3.23. The summed E-state index contributed by atoms with van der Waals surface area (Å²) in [6, 6.07) is 0.691. The number of nitrogens with zero attached hydrogens (tertiary/aromatic N) is 3. The molecule has 19 heavy (non-hydrogen) atoms. The Balaban J connectivity index is 1.45. The lowest BCUT2D eigenvalue weighted by molar-refractivity contribution is 0.514. The van der Waals surface area contributed by atoms with Gasteiger partial charge in [0, 0.05) is 31.3 Å². The molecule has 0 amide bonds. The lowest BCUT2D eigenvalue weighted by atomic mass is 10.2. The van der Waals surface area contributed by atoms with Crippen LogP contribution in [0.1, 0.15) is 44.9 Å². The summed E-state index contributed by atoms with van der Waals surface area (Å²) in [6.45, 7) is 4.49. The van der Waals surface area contributed by atoms with E-state index in [4.69, 9.17) is 0 Å². The smallest absolute Gasteiger partial charge is 0.191 e. The van der Waals surface area contributed by atoms with Crippen LogP contribution < -0.4 is 5.32 Å². The highest BCUT2D eigenvalue weighted by Crippen LogP contribution is 2.32. The number of rotatable bonds is 6. The second-order valence-electron chi connectivity index (χ2n) is 5.79. The Morgan fingerprint density at radius 3 is 3.05 bits per heavy atom. The van der Waals surface area contributed by atoms with E-state index in [0.717, 1.165) is 36.3 Å². The van der Waals surface area contributed by atoms with E-state index in [2.05, 4.69) is 27.0 Å². The number of aromatic nitrogens is 3. The molecule has 1 aliphatic carbocycles. The molecule has 1 aromatic rings. The summed E-state index contributed by atoms with van der Waals surface area (Å²) >= 11 is 1.85. The molecule has 1 atom stereocenters. The maximum atomic E-state index is 4.35. The summed E-state index contributed by atoms with van der Waals surface area (Å²) < 4.78 is 2.34. The molecule has 0 bridgehead atoms. The van der Waals surface area contributed by atoms with E-state index >= 15 is 0 Å². The number of aryl methyl sites for hydroxylation is 1. The second-order valence-corrected chi connectivity index (χ2v) is 6.85. The average Bonchev–Trinajstić information content (AvgIpc) is 3.22. The van der Waals surface area contributed by atoms with Crippen LogP contribution in [-0.2, 0) is 13.0 Å². The van der Waals surface area contributed by atoms with Gasteiger partial charge in [0.15, 0.2) is 5.16 Å². The molecule has 1 saturated carbocycles. The second kappa shape index (κ2) is 6.27. The predicted molar refractivity (Wildman–Crippen MR) is 78.5 cm³/mol. The summed E-state index contributed by atoms with van der Waals surface area (Å²) in [6.07, 6.45) is 7.80. The Morgan fingerprint density at radius 1 is 1.32 bits per heavy atom. The van der Waals surface area contributed by atoms with Gasteiger partial charge in [0.1, 0.15) is 5.82 Å². The molecule has 3 rings (SSSR count). The molecule has 2 aliphatic rings. The zero-order chi connectivity index (χ0) is 13.1. The highest BCUT2D eigenvalue weighted by molar-refractivity contribution is 7.99. The molecule has 1 fully saturated rings. The number of fused-ring (bicyclic) bond motifs is 1. The Morgan fingerprint density at radius 2 is 2.21 bits per heavy atom. The van der Waals surface area contributed by atoms with E-state index in [9.17, 15) is 0 Å². The number of hydrogen-bond donors (Lipinski definition) is 1. The SMILES string of the molecule is CC(NCCSc1nnc2n1CCCCC2)C1CC1. The van der Waals surface area contributed by atoms with Crippen LogP contribution in [0.5, 0.6) is 0 Å². The Bertz CT molecular complexity index is 414. The lowest BCUT2D eigenvalue weighted by Gasteiger charge is -2.12. The highest BCUT2D eigenvalue weighted by Gasteiger charge is 2.27. The largest absolute Gasteiger partial charge is 0.313 e. The van der Waals surface area contributed by atoms with Gasteiger partial charge in [0.05, 0.1) is 0 Å². The Hall–Kier alpha value is -0.550. The van der Waals surface area contributed by atoms with Gasteiger partial charge in [-0.1, -0.05) is 18.2 Å². The van der Waals surface area contributed by atoms with E-state index in [0.29, 0.717) is 6.04 Å². The van der Waals surface area contributed by atoms with Crippen molar-refractivity contribution in [3.05, 3.63) is 5.82 Å². The van der Waals surface area contributed by atoms with Crippen LogP contribution in [-0.4, -0.2) is 33.1 Å². The molecular weight excluding hydrogens is 256 g/mol. The van der Waals surface area contributed by atoms with Crippen molar-refractivity contribution < 1.29 is 0 Å². The third-order valence-electron chi connectivity index (χ3n) is 4.20. The first kappa shape index (κ1) is 13.4. The molecule has 0 spiro atoms. The first-order valence-corrected chi connectivity index (χ1v) is 8.61. The van der Waals surface area contributed by atoms with E-state index in [1.807, 2.05) is 11.8 Å². The van der Waals surface area contributed by atoms with Crippen molar-refractivity contribution in [1.82, 2.24) is 20.1 Å². The van der Waals surface area contributed by atoms with Gasteiger partial charge in [-0.05, 0) is 38.5 Å². The topological polar surface area (TPSA) is 42.7 Å². The van der Waals surface area contributed by atoms with Crippen molar-refractivity contribution in [3.8, 4) is 0 Å². The van der Waals surface area contributed by atoms with Gasteiger partial charge >= 0.3 is 0 Å². The molecular formula is C14H24N4S. The Kier molecular flexibility index (Phi) is 4.43. The molecule has 106 valence electrons. The van der Waals surface area contributed by atoms with Gasteiger partial charge in [0.2, 0.25) is 0 Å². The van der Waals surface area contributed by atoms with Crippen LogP contribution >= 0.6 is 11.8 Å². The third-order valence-corrected chi connectivity index (χ3v) is 5.17. The molecule has 1 aromatic heterocycles. The Labute approximate surface area is 119 Å². The molecule has 4 nitrogen and oxygen atoms in total. The van der Waals surface area contributed by atoms with E-state index in [1.54, 1.807) is 0 Å². The maximum Gasteiger partial charge on any atom is 0.191 e. The van der Waals surface area contributed by atoms with E-state index < -0.39 is 0 Å². The standard InChI is InChI=1S/C14H24N4S/c1-11(12-6-7-12)15-8-10-19-14-17-16-13-5-3-2-4-9-18(13)14/h11-12,15H,2-10H2,1H3. The first-order chi connectivity index (χ1) is 9.34. The monoisotopic (exact) mass is 280 g/mol. The van der Waals surface area contributed by atoms with Crippen molar-refractivity contribution >= 4 is 11.8 Å². The normalized spacial score (nSPS) is 20.9. The van der Waals surface area contributed by atoms with Crippen molar-refractivity contribution in [3.63, 3.8) is 0 Å². The van der Waals surface area contributed by atoms with Crippen molar-refractivity contribution in [2.24, 2.45) is 5.92 Å². The quantitative estimate of drug-likeness (QED) is 0.642.